The summed E-state index contributed by atoms with van der Waals surface area (Å²) in [6.07, 6.45) is 0.422. The van der Waals surface area contributed by atoms with Crippen LogP contribution in [0.25, 0.3) is 0 Å². The van der Waals surface area contributed by atoms with Crippen LogP contribution in [-0.2, 0) is 0 Å². The zero-order valence-corrected chi connectivity index (χ0v) is 10.2. The Balaban J connectivity index is 1.99. The lowest BCUT2D eigenvalue weighted by Crippen LogP contribution is -2.26. The van der Waals surface area contributed by atoms with E-state index in [1.54, 1.807) is 18.2 Å². The molecule has 1 aliphatic heterocycles. The van der Waals surface area contributed by atoms with Gasteiger partial charge in [-0.3, -0.25) is 9.69 Å². The normalized spacial score (nSPS) is 12.5. The highest BCUT2D eigenvalue weighted by Gasteiger charge is 2.16. The number of Topliss-reactive ketones (excluding diaryl/α,β-unsaturated/α-hetero) is 1. The minimum absolute atomic E-state index is 0.00809. The molecule has 94 valence electrons. The van der Waals surface area contributed by atoms with Crippen LogP contribution >= 0.6 is 0 Å². The molecule has 0 bridgehead atoms. The van der Waals surface area contributed by atoms with E-state index in [4.69, 9.17) is 14.7 Å². The van der Waals surface area contributed by atoms with E-state index in [0.717, 1.165) is 0 Å². The molecular weight excluding hydrogens is 232 g/mol. The first-order valence-electron chi connectivity index (χ1n) is 5.69. The van der Waals surface area contributed by atoms with Crippen LogP contribution in [-0.4, -0.2) is 37.6 Å². The van der Waals surface area contributed by atoms with E-state index in [2.05, 4.69) is 6.07 Å². The van der Waals surface area contributed by atoms with Gasteiger partial charge < -0.3 is 9.47 Å². The number of rotatable bonds is 5. The summed E-state index contributed by atoms with van der Waals surface area (Å²) >= 11 is 0. The number of ketones is 1. The van der Waals surface area contributed by atoms with Crippen molar-refractivity contribution in [2.24, 2.45) is 0 Å². The number of likely N-dealkylation sites (N-methyl/N-ethyl adjacent to an activating group) is 1. The number of nitriles is 1. The molecule has 1 aliphatic rings. The molecule has 0 fully saturated rings. The SMILES string of the molecule is CN(CCC#N)CC(=O)c1ccc2c(c1)OCO2. The van der Waals surface area contributed by atoms with Crippen LogP contribution in [0.5, 0.6) is 11.5 Å². The number of carbonyl (C=O) groups is 1. The molecule has 0 spiro atoms. The summed E-state index contributed by atoms with van der Waals surface area (Å²) in [5, 5.41) is 8.48. The van der Waals surface area contributed by atoms with Gasteiger partial charge in [0.05, 0.1) is 12.6 Å². The Hall–Kier alpha value is -2.06. The molecule has 0 N–H and O–H groups in total. The Bertz CT molecular complexity index is 493. The van der Waals surface area contributed by atoms with Crippen molar-refractivity contribution in [2.45, 2.75) is 6.42 Å². The summed E-state index contributed by atoms with van der Waals surface area (Å²) in [6.45, 7) is 1.09. The number of benzene rings is 1. The van der Waals surface area contributed by atoms with Crippen molar-refractivity contribution in [1.82, 2.24) is 4.90 Å². The quantitative estimate of drug-likeness (QED) is 0.736. The maximum atomic E-state index is 12.0. The Morgan fingerprint density at radius 1 is 1.44 bits per heavy atom. The smallest absolute Gasteiger partial charge is 0.231 e. The molecule has 0 aromatic heterocycles. The molecule has 1 aromatic carbocycles. The molecular formula is C13H14N2O3. The first-order valence-corrected chi connectivity index (χ1v) is 5.69. The lowest BCUT2D eigenvalue weighted by molar-refractivity contribution is 0.0947. The predicted molar refractivity (Wildman–Crippen MR) is 64.6 cm³/mol. The van der Waals surface area contributed by atoms with Crippen LogP contribution in [0.3, 0.4) is 0 Å². The first-order chi connectivity index (χ1) is 8.70. The van der Waals surface area contributed by atoms with Gasteiger partial charge in [-0.2, -0.15) is 5.26 Å². The lowest BCUT2D eigenvalue weighted by atomic mass is 10.1. The average molecular weight is 246 g/mol. The van der Waals surface area contributed by atoms with Crippen molar-refractivity contribution in [3.63, 3.8) is 0 Å². The Kier molecular flexibility index (Phi) is 3.80. The summed E-state index contributed by atoms with van der Waals surface area (Å²) < 4.78 is 10.4. The molecule has 18 heavy (non-hydrogen) atoms. The second-order valence-electron chi connectivity index (χ2n) is 4.14. The van der Waals surface area contributed by atoms with Gasteiger partial charge >= 0.3 is 0 Å². The van der Waals surface area contributed by atoms with Crippen LogP contribution in [0.2, 0.25) is 0 Å². The Morgan fingerprint density at radius 3 is 3.00 bits per heavy atom. The summed E-state index contributed by atoms with van der Waals surface area (Å²) in [5.74, 6) is 1.29. The molecule has 5 heteroatoms. The molecule has 0 aliphatic carbocycles. The molecule has 0 amide bonds. The van der Waals surface area contributed by atoms with Gasteiger partial charge in [-0.15, -0.1) is 0 Å². The van der Waals surface area contributed by atoms with Gasteiger partial charge in [-0.05, 0) is 25.2 Å². The van der Waals surface area contributed by atoms with Crippen LogP contribution < -0.4 is 9.47 Å². The predicted octanol–water partition coefficient (Wildman–Crippen LogP) is 1.44. The minimum atomic E-state index is 0.00809. The van der Waals surface area contributed by atoms with Crippen molar-refractivity contribution < 1.29 is 14.3 Å². The summed E-state index contributed by atoms with van der Waals surface area (Å²) in [4.78, 5) is 13.8. The second kappa shape index (κ2) is 5.52. The maximum Gasteiger partial charge on any atom is 0.231 e. The van der Waals surface area contributed by atoms with Gasteiger partial charge in [-0.25, -0.2) is 0 Å². The molecule has 2 rings (SSSR count). The number of hydrogen-bond acceptors (Lipinski definition) is 5. The van der Waals surface area contributed by atoms with Gasteiger partial charge in [0.15, 0.2) is 17.3 Å². The Morgan fingerprint density at radius 2 is 2.22 bits per heavy atom. The van der Waals surface area contributed by atoms with E-state index < -0.39 is 0 Å². The highest BCUT2D eigenvalue weighted by molar-refractivity contribution is 5.98. The molecule has 1 heterocycles. The standard InChI is InChI=1S/C13H14N2O3/c1-15(6-2-5-14)8-11(16)10-3-4-12-13(7-10)18-9-17-12/h3-4,7H,2,6,8-9H2,1H3. The van der Waals surface area contributed by atoms with E-state index in [1.165, 1.54) is 0 Å². The summed E-state index contributed by atoms with van der Waals surface area (Å²) in [7, 11) is 1.82. The molecule has 0 radical (unpaired) electrons. The summed E-state index contributed by atoms with van der Waals surface area (Å²) in [5.41, 5.74) is 0.600. The topological polar surface area (TPSA) is 62.6 Å². The first kappa shape index (κ1) is 12.4. The number of fused-ring (bicyclic) bond motifs is 1. The van der Waals surface area contributed by atoms with Gasteiger partial charge in [-0.1, -0.05) is 0 Å². The molecule has 0 saturated carbocycles. The zero-order valence-electron chi connectivity index (χ0n) is 10.2. The number of carbonyl (C=O) groups excluding carboxylic acids is 1. The van der Waals surface area contributed by atoms with Crippen molar-refractivity contribution in [3.05, 3.63) is 23.8 Å². The van der Waals surface area contributed by atoms with Gasteiger partial charge in [0, 0.05) is 18.5 Å². The van der Waals surface area contributed by atoms with Crippen LogP contribution in [0.4, 0.5) is 0 Å². The fourth-order valence-electron chi connectivity index (χ4n) is 1.73. The van der Waals surface area contributed by atoms with Gasteiger partial charge in [0.25, 0.3) is 0 Å². The van der Waals surface area contributed by atoms with Crippen LogP contribution in [0.1, 0.15) is 16.8 Å². The second-order valence-corrected chi connectivity index (χ2v) is 4.14. The monoisotopic (exact) mass is 246 g/mol. The van der Waals surface area contributed by atoms with Crippen molar-refractivity contribution in [1.29, 1.82) is 5.26 Å². The number of nitrogens with zero attached hydrogens (tertiary/aromatic N) is 2. The van der Waals surface area contributed by atoms with E-state index in [0.29, 0.717) is 36.6 Å². The van der Waals surface area contributed by atoms with Crippen LogP contribution in [0.15, 0.2) is 18.2 Å². The van der Waals surface area contributed by atoms with E-state index in [9.17, 15) is 4.79 Å². The third-order valence-corrected chi connectivity index (χ3v) is 2.71. The van der Waals surface area contributed by atoms with E-state index >= 15 is 0 Å². The third kappa shape index (κ3) is 2.79. The van der Waals surface area contributed by atoms with Crippen molar-refractivity contribution >= 4 is 5.78 Å². The van der Waals surface area contributed by atoms with E-state index in [1.807, 2.05) is 11.9 Å². The molecule has 1 aromatic rings. The molecule has 5 nitrogen and oxygen atoms in total. The fourth-order valence-corrected chi connectivity index (χ4v) is 1.73. The minimum Gasteiger partial charge on any atom is -0.454 e. The molecule has 0 unspecified atom stereocenters. The summed E-state index contributed by atoms with van der Waals surface area (Å²) in [6, 6.07) is 7.22. The van der Waals surface area contributed by atoms with Gasteiger partial charge in [0.2, 0.25) is 6.79 Å². The lowest BCUT2D eigenvalue weighted by Gasteiger charge is -2.13. The number of ether oxygens (including phenoxy) is 2. The van der Waals surface area contributed by atoms with E-state index in [-0.39, 0.29) is 12.6 Å². The van der Waals surface area contributed by atoms with Crippen LogP contribution in [0, 0.1) is 11.3 Å². The average Bonchev–Trinajstić information content (AvgIpc) is 2.83. The largest absolute Gasteiger partial charge is 0.454 e. The van der Waals surface area contributed by atoms with Crippen molar-refractivity contribution in [3.8, 4) is 17.6 Å². The highest BCUT2D eigenvalue weighted by Crippen LogP contribution is 2.32. The highest BCUT2D eigenvalue weighted by atomic mass is 16.7. The van der Waals surface area contributed by atoms with Crippen molar-refractivity contribution in [2.75, 3.05) is 26.9 Å². The molecule has 0 atom stereocenters. The maximum absolute atomic E-state index is 12.0. The van der Waals surface area contributed by atoms with Gasteiger partial charge in [0.1, 0.15) is 0 Å². The Labute approximate surface area is 106 Å². The third-order valence-electron chi connectivity index (χ3n) is 2.71. The fraction of sp³-hybridized carbons (Fsp3) is 0.385. The molecule has 0 saturated heterocycles. The number of hydrogen-bond donors (Lipinski definition) is 0. The zero-order chi connectivity index (χ0) is 13.0.